The molecule has 0 unspecified atom stereocenters. The van der Waals surface area contributed by atoms with Gasteiger partial charge in [0.05, 0.1) is 11.2 Å². The molecule has 1 aromatic heterocycles. The number of H-pyrrole nitrogens is 1. The lowest BCUT2D eigenvalue weighted by atomic mass is 9.82. The van der Waals surface area contributed by atoms with Crippen LogP contribution < -0.4 is 5.46 Å². The Kier molecular flexibility index (Phi) is 4.02. The van der Waals surface area contributed by atoms with Crippen molar-refractivity contribution in [2.75, 3.05) is 0 Å². The maximum Gasteiger partial charge on any atom is 0.309 e. The summed E-state index contributed by atoms with van der Waals surface area (Å²) < 4.78 is 5.84. The van der Waals surface area contributed by atoms with Gasteiger partial charge in [-0.25, -0.2) is 4.98 Å². The van der Waals surface area contributed by atoms with E-state index in [-0.39, 0.29) is 0 Å². The molecule has 0 fully saturated rings. The topological polar surface area (TPSA) is 58.1 Å². The average Bonchev–Trinajstić information content (AvgIpc) is 2.89. The summed E-state index contributed by atoms with van der Waals surface area (Å²) in [6.45, 7) is 7.30. The van der Waals surface area contributed by atoms with Crippen molar-refractivity contribution in [1.82, 2.24) is 9.97 Å². The average molecular weight is 272 g/mol. The molecule has 0 aliphatic rings. The molecular formula is C15H21BN2O2. The van der Waals surface area contributed by atoms with Crippen molar-refractivity contribution in [3.05, 3.63) is 36.7 Å². The van der Waals surface area contributed by atoms with Crippen LogP contribution in [0.25, 0.3) is 11.4 Å². The van der Waals surface area contributed by atoms with Crippen molar-refractivity contribution < 1.29 is 9.76 Å². The van der Waals surface area contributed by atoms with Gasteiger partial charge in [-0.2, -0.15) is 0 Å². The summed E-state index contributed by atoms with van der Waals surface area (Å²) in [5.41, 5.74) is 0.617. The Morgan fingerprint density at radius 3 is 2.30 bits per heavy atom. The van der Waals surface area contributed by atoms with E-state index >= 15 is 0 Å². The second-order valence-corrected chi connectivity index (χ2v) is 5.99. The zero-order valence-corrected chi connectivity index (χ0v) is 12.5. The summed E-state index contributed by atoms with van der Waals surface area (Å²) in [4.78, 5) is 7.29. The largest absolute Gasteiger partial charge is 0.427 e. The quantitative estimate of drug-likeness (QED) is 0.813. The van der Waals surface area contributed by atoms with E-state index in [4.69, 9.17) is 4.65 Å². The van der Waals surface area contributed by atoms with Gasteiger partial charge in [0.2, 0.25) is 0 Å². The molecule has 0 spiro atoms. The minimum atomic E-state index is -0.888. The van der Waals surface area contributed by atoms with Gasteiger partial charge in [-0.15, -0.1) is 0 Å². The van der Waals surface area contributed by atoms with Gasteiger partial charge in [-0.1, -0.05) is 29.7 Å². The zero-order chi connectivity index (χ0) is 14.8. The number of imidazole rings is 1. The number of nitrogens with one attached hydrogen (secondary N) is 1. The highest BCUT2D eigenvalue weighted by molar-refractivity contribution is 6.47. The van der Waals surface area contributed by atoms with Gasteiger partial charge < -0.3 is 14.7 Å². The van der Waals surface area contributed by atoms with Crippen LogP contribution in [0, 0.1) is 0 Å². The Hall–Kier alpha value is -1.59. The Bertz CT molecular complexity index is 542. The first kappa shape index (κ1) is 14.8. The van der Waals surface area contributed by atoms with E-state index in [0.717, 1.165) is 16.9 Å². The normalized spacial score (nSPS) is 12.4. The van der Waals surface area contributed by atoms with Crippen molar-refractivity contribution in [3.8, 4) is 11.4 Å². The molecule has 106 valence electrons. The number of benzene rings is 1. The van der Waals surface area contributed by atoms with Crippen molar-refractivity contribution in [3.63, 3.8) is 0 Å². The van der Waals surface area contributed by atoms with Crippen molar-refractivity contribution >= 4 is 12.9 Å². The standard InChI is InChI=1S/C15H21BN2O2/c1-14(2,19)15(3,4)20-16-12-7-5-11(6-8-12)13-17-9-10-18-13/h5-10,16,19H,1-4H3,(H,17,18). The third kappa shape index (κ3) is 3.29. The van der Waals surface area contributed by atoms with Crippen LogP contribution in [0.4, 0.5) is 0 Å². The fraction of sp³-hybridized carbons (Fsp3) is 0.400. The van der Waals surface area contributed by atoms with Gasteiger partial charge in [0, 0.05) is 18.0 Å². The number of nitrogens with zero attached hydrogens (tertiary/aromatic N) is 1. The van der Waals surface area contributed by atoms with Crippen molar-refractivity contribution in [1.29, 1.82) is 0 Å². The molecule has 2 N–H and O–H groups in total. The first-order valence-electron chi connectivity index (χ1n) is 6.75. The molecule has 1 aromatic carbocycles. The van der Waals surface area contributed by atoms with Crippen LogP contribution in [0.15, 0.2) is 36.7 Å². The van der Waals surface area contributed by atoms with Crippen LogP contribution in [-0.4, -0.2) is 33.8 Å². The lowest BCUT2D eigenvalue weighted by Crippen LogP contribution is -2.49. The van der Waals surface area contributed by atoms with Crippen LogP contribution in [0.5, 0.6) is 0 Å². The molecule has 0 saturated carbocycles. The molecular weight excluding hydrogens is 251 g/mol. The fourth-order valence-electron chi connectivity index (χ4n) is 1.62. The third-order valence-electron chi connectivity index (χ3n) is 3.80. The van der Waals surface area contributed by atoms with Gasteiger partial charge in [-0.3, -0.25) is 0 Å². The number of hydrogen-bond donors (Lipinski definition) is 2. The highest BCUT2D eigenvalue weighted by atomic mass is 16.5. The summed E-state index contributed by atoms with van der Waals surface area (Å²) in [6, 6.07) is 8.04. The van der Waals surface area contributed by atoms with Gasteiger partial charge >= 0.3 is 7.48 Å². The summed E-state index contributed by atoms with van der Waals surface area (Å²) in [7, 11) is 0.468. The van der Waals surface area contributed by atoms with Gasteiger partial charge in [0.1, 0.15) is 5.82 Å². The maximum atomic E-state index is 10.1. The summed E-state index contributed by atoms with van der Waals surface area (Å²) >= 11 is 0. The lowest BCUT2D eigenvalue weighted by Gasteiger charge is -2.37. The van der Waals surface area contributed by atoms with E-state index in [2.05, 4.69) is 9.97 Å². The summed E-state index contributed by atoms with van der Waals surface area (Å²) in [5, 5.41) is 10.1. The van der Waals surface area contributed by atoms with Gasteiger partial charge in [0.15, 0.2) is 0 Å². The van der Waals surface area contributed by atoms with E-state index < -0.39 is 11.2 Å². The van der Waals surface area contributed by atoms with E-state index in [1.807, 2.05) is 38.1 Å². The number of hydrogen-bond acceptors (Lipinski definition) is 3. The van der Waals surface area contributed by atoms with E-state index in [9.17, 15) is 5.11 Å². The Morgan fingerprint density at radius 2 is 1.80 bits per heavy atom. The molecule has 5 heteroatoms. The molecule has 0 aliphatic heterocycles. The molecule has 1 heterocycles. The van der Waals surface area contributed by atoms with E-state index in [0.29, 0.717) is 7.48 Å². The van der Waals surface area contributed by atoms with Crippen LogP contribution in [0.2, 0.25) is 0 Å². The Balaban J connectivity index is 2.02. The maximum absolute atomic E-state index is 10.1. The second-order valence-electron chi connectivity index (χ2n) is 5.99. The smallest absolute Gasteiger partial charge is 0.309 e. The van der Waals surface area contributed by atoms with Crippen LogP contribution in [0.3, 0.4) is 0 Å². The number of aromatic amines is 1. The molecule has 0 amide bonds. The van der Waals surface area contributed by atoms with Crippen LogP contribution in [-0.2, 0) is 4.65 Å². The molecule has 0 atom stereocenters. The van der Waals surface area contributed by atoms with Gasteiger partial charge in [0.25, 0.3) is 0 Å². The predicted octanol–water partition coefficient (Wildman–Crippen LogP) is 1.62. The fourth-order valence-corrected chi connectivity index (χ4v) is 1.62. The molecule has 0 radical (unpaired) electrons. The first-order valence-corrected chi connectivity index (χ1v) is 6.75. The minimum absolute atomic E-state index is 0.468. The third-order valence-corrected chi connectivity index (χ3v) is 3.80. The highest BCUT2D eigenvalue weighted by Gasteiger charge is 2.35. The van der Waals surface area contributed by atoms with Crippen molar-refractivity contribution in [2.45, 2.75) is 38.9 Å². The minimum Gasteiger partial charge on any atom is -0.427 e. The van der Waals surface area contributed by atoms with Crippen molar-refractivity contribution in [2.24, 2.45) is 0 Å². The molecule has 2 aromatic rings. The Morgan fingerprint density at radius 1 is 1.15 bits per heavy atom. The molecule has 0 aliphatic carbocycles. The lowest BCUT2D eigenvalue weighted by molar-refractivity contribution is -0.0893. The van der Waals surface area contributed by atoms with Crippen LogP contribution in [0.1, 0.15) is 27.7 Å². The van der Waals surface area contributed by atoms with E-state index in [1.54, 1.807) is 26.2 Å². The molecule has 4 nitrogen and oxygen atoms in total. The highest BCUT2D eigenvalue weighted by Crippen LogP contribution is 2.24. The van der Waals surface area contributed by atoms with E-state index in [1.165, 1.54) is 0 Å². The predicted molar refractivity (Wildman–Crippen MR) is 82.3 cm³/mol. The monoisotopic (exact) mass is 272 g/mol. The zero-order valence-electron chi connectivity index (χ0n) is 12.5. The number of rotatable bonds is 5. The summed E-state index contributed by atoms with van der Waals surface area (Å²) in [5.74, 6) is 0.856. The van der Waals surface area contributed by atoms with Crippen LogP contribution >= 0.6 is 0 Å². The number of aromatic nitrogens is 2. The summed E-state index contributed by atoms with van der Waals surface area (Å²) in [6.07, 6.45) is 3.54. The van der Waals surface area contributed by atoms with Gasteiger partial charge in [-0.05, 0) is 27.7 Å². The first-order chi connectivity index (χ1) is 9.29. The SMILES string of the molecule is CC(C)(O)C(C)(C)OBc1ccc(-c2ncc[nH]2)cc1. The molecule has 0 bridgehead atoms. The molecule has 2 rings (SSSR count). The molecule has 0 saturated heterocycles. The number of aliphatic hydroxyl groups is 1. The molecule has 20 heavy (non-hydrogen) atoms. The Labute approximate surface area is 120 Å². The second kappa shape index (κ2) is 5.42.